The number of pyridine rings is 1. The fourth-order valence-corrected chi connectivity index (χ4v) is 1.37. The zero-order valence-corrected chi connectivity index (χ0v) is 9.20. The molecule has 0 radical (unpaired) electrons. The van der Waals surface area contributed by atoms with Crippen molar-refractivity contribution in [1.29, 1.82) is 0 Å². The van der Waals surface area contributed by atoms with Crippen LogP contribution in [0.5, 0.6) is 0 Å². The molecule has 1 aromatic heterocycles. The molecule has 5 heteroatoms. The van der Waals surface area contributed by atoms with Crippen molar-refractivity contribution in [3.63, 3.8) is 0 Å². The highest BCUT2D eigenvalue weighted by Gasteiger charge is 2.09. The molecule has 4 nitrogen and oxygen atoms in total. The predicted molar refractivity (Wildman–Crippen MR) is 57.4 cm³/mol. The normalized spacial score (nSPS) is 12.2. The number of ether oxygens (including phenoxy) is 1. The van der Waals surface area contributed by atoms with Crippen molar-refractivity contribution in [3.05, 3.63) is 29.0 Å². The first-order chi connectivity index (χ1) is 7.13. The van der Waals surface area contributed by atoms with Crippen molar-refractivity contribution in [3.8, 4) is 0 Å². The summed E-state index contributed by atoms with van der Waals surface area (Å²) in [6.07, 6.45) is 2.43. The molecule has 0 spiro atoms. The quantitative estimate of drug-likeness (QED) is 0.629. The summed E-state index contributed by atoms with van der Waals surface area (Å²) in [4.78, 5) is 14.8. The highest BCUT2D eigenvalue weighted by molar-refractivity contribution is 6.29. The molecule has 0 saturated heterocycles. The number of hydrogen-bond acceptors (Lipinski definition) is 4. The van der Waals surface area contributed by atoms with Crippen LogP contribution < -0.4 is 5.73 Å². The highest BCUT2D eigenvalue weighted by atomic mass is 35.5. The van der Waals surface area contributed by atoms with E-state index in [0.717, 1.165) is 5.56 Å². The number of aromatic nitrogens is 1. The van der Waals surface area contributed by atoms with Gasteiger partial charge < -0.3 is 10.5 Å². The number of nitrogens with two attached hydrogens (primary N) is 1. The molecule has 0 aliphatic rings. The minimum absolute atomic E-state index is 0.218. The second-order valence-corrected chi connectivity index (χ2v) is 3.52. The molecule has 1 aromatic rings. The Morgan fingerprint density at radius 3 is 3.07 bits per heavy atom. The predicted octanol–water partition coefficient (Wildman–Crippen LogP) is 1.69. The molecule has 0 saturated carbocycles. The number of nitrogens with zero attached hydrogens (tertiary/aromatic N) is 1. The third-order valence-corrected chi connectivity index (χ3v) is 2.27. The van der Waals surface area contributed by atoms with Gasteiger partial charge >= 0.3 is 5.97 Å². The third-order valence-electron chi connectivity index (χ3n) is 2.07. The first-order valence-electron chi connectivity index (χ1n) is 4.57. The number of rotatable bonds is 4. The summed E-state index contributed by atoms with van der Waals surface area (Å²) >= 11 is 5.72. The monoisotopic (exact) mass is 228 g/mol. The molecular weight excluding hydrogens is 216 g/mol. The first-order valence-corrected chi connectivity index (χ1v) is 4.95. The van der Waals surface area contributed by atoms with E-state index in [9.17, 15) is 4.79 Å². The molecule has 0 fully saturated rings. The fraction of sp³-hybridized carbons (Fsp3) is 0.400. The molecule has 0 aliphatic heterocycles. The Labute approximate surface area is 93.4 Å². The Balaban J connectivity index is 2.53. The highest BCUT2D eigenvalue weighted by Crippen LogP contribution is 2.17. The van der Waals surface area contributed by atoms with Gasteiger partial charge in [-0.1, -0.05) is 11.6 Å². The van der Waals surface area contributed by atoms with Crippen molar-refractivity contribution in [1.82, 2.24) is 4.98 Å². The minimum Gasteiger partial charge on any atom is -0.469 e. The van der Waals surface area contributed by atoms with Crippen LogP contribution >= 0.6 is 11.6 Å². The second-order valence-electron chi connectivity index (χ2n) is 3.13. The Morgan fingerprint density at radius 1 is 1.73 bits per heavy atom. The number of methoxy groups -OCH3 is 1. The number of carbonyl (C=O) groups is 1. The summed E-state index contributed by atoms with van der Waals surface area (Å²) in [5.74, 6) is -0.259. The average Bonchev–Trinajstić information content (AvgIpc) is 2.25. The lowest BCUT2D eigenvalue weighted by Gasteiger charge is -2.10. The van der Waals surface area contributed by atoms with Crippen LogP contribution in [0.4, 0.5) is 0 Å². The Bertz CT molecular complexity index is 344. The Hall–Kier alpha value is -1.13. The molecular formula is C10H13ClN2O2. The van der Waals surface area contributed by atoms with E-state index >= 15 is 0 Å². The SMILES string of the molecule is COC(=O)CCC(N)c1ccnc(Cl)c1. The molecule has 1 rings (SSSR count). The summed E-state index contributed by atoms with van der Waals surface area (Å²) in [5.41, 5.74) is 6.75. The standard InChI is InChI=1S/C10H13ClN2O2/c1-15-10(14)3-2-8(12)7-4-5-13-9(11)6-7/h4-6,8H,2-3,12H2,1H3. The molecule has 0 amide bonds. The van der Waals surface area contributed by atoms with Gasteiger partial charge in [0.25, 0.3) is 0 Å². The fourth-order valence-electron chi connectivity index (χ4n) is 1.19. The van der Waals surface area contributed by atoms with Gasteiger partial charge in [0.05, 0.1) is 7.11 Å². The van der Waals surface area contributed by atoms with Gasteiger partial charge in [0.2, 0.25) is 0 Å². The molecule has 1 atom stereocenters. The van der Waals surface area contributed by atoms with Gasteiger partial charge in [-0.25, -0.2) is 4.98 Å². The second kappa shape index (κ2) is 5.68. The first kappa shape index (κ1) is 11.9. The van der Waals surface area contributed by atoms with Crippen molar-refractivity contribution in [2.45, 2.75) is 18.9 Å². The van der Waals surface area contributed by atoms with Gasteiger partial charge in [0.15, 0.2) is 0 Å². The van der Waals surface area contributed by atoms with Crippen LogP contribution in [-0.2, 0) is 9.53 Å². The summed E-state index contributed by atoms with van der Waals surface area (Å²) in [5, 5.41) is 0.404. The number of esters is 1. The van der Waals surface area contributed by atoms with Gasteiger partial charge in [-0.2, -0.15) is 0 Å². The molecule has 0 aliphatic carbocycles. The zero-order valence-electron chi connectivity index (χ0n) is 8.44. The molecule has 82 valence electrons. The zero-order chi connectivity index (χ0) is 11.3. The maximum atomic E-state index is 10.9. The summed E-state index contributed by atoms with van der Waals surface area (Å²) in [6, 6.07) is 3.27. The van der Waals surface area contributed by atoms with Gasteiger partial charge in [-0.3, -0.25) is 4.79 Å². The third kappa shape index (κ3) is 3.85. The molecule has 0 aromatic carbocycles. The van der Waals surface area contributed by atoms with Gasteiger partial charge in [-0.15, -0.1) is 0 Å². The number of carbonyl (C=O) groups excluding carboxylic acids is 1. The van der Waals surface area contributed by atoms with Crippen molar-refractivity contribution in [2.24, 2.45) is 5.73 Å². The van der Waals surface area contributed by atoms with Crippen LogP contribution in [0.1, 0.15) is 24.4 Å². The van der Waals surface area contributed by atoms with Gasteiger partial charge in [-0.05, 0) is 24.1 Å². The van der Waals surface area contributed by atoms with Crippen LogP contribution in [0, 0.1) is 0 Å². The van der Waals surface area contributed by atoms with Crippen LogP contribution in [0.2, 0.25) is 5.15 Å². The largest absolute Gasteiger partial charge is 0.469 e. The molecule has 2 N–H and O–H groups in total. The van der Waals surface area contributed by atoms with E-state index in [4.69, 9.17) is 17.3 Å². The summed E-state index contributed by atoms with van der Waals surface area (Å²) in [6.45, 7) is 0. The van der Waals surface area contributed by atoms with Crippen LogP contribution in [-0.4, -0.2) is 18.1 Å². The van der Waals surface area contributed by atoms with Crippen molar-refractivity contribution < 1.29 is 9.53 Å². The number of hydrogen-bond donors (Lipinski definition) is 1. The van der Waals surface area contributed by atoms with Gasteiger partial charge in [0.1, 0.15) is 5.15 Å². The van der Waals surface area contributed by atoms with E-state index in [2.05, 4.69) is 9.72 Å². The molecule has 1 heterocycles. The smallest absolute Gasteiger partial charge is 0.305 e. The Morgan fingerprint density at radius 2 is 2.47 bits per heavy atom. The van der Waals surface area contributed by atoms with Gasteiger partial charge in [0, 0.05) is 18.7 Å². The Kier molecular flexibility index (Phi) is 4.52. The topological polar surface area (TPSA) is 65.2 Å². The lowest BCUT2D eigenvalue weighted by atomic mass is 10.0. The van der Waals surface area contributed by atoms with Crippen molar-refractivity contribution >= 4 is 17.6 Å². The molecule has 1 unspecified atom stereocenters. The number of halogens is 1. The average molecular weight is 229 g/mol. The lowest BCUT2D eigenvalue weighted by Crippen LogP contribution is -2.13. The molecule has 15 heavy (non-hydrogen) atoms. The van der Waals surface area contributed by atoms with Crippen LogP contribution in [0.15, 0.2) is 18.3 Å². The van der Waals surface area contributed by atoms with E-state index in [1.54, 1.807) is 18.3 Å². The molecule has 0 bridgehead atoms. The van der Waals surface area contributed by atoms with E-state index < -0.39 is 0 Å². The minimum atomic E-state index is -0.259. The summed E-state index contributed by atoms with van der Waals surface area (Å²) < 4.78 is 4.53. The van der Waals surface area contributed by atoms with E-state index in [0.29, 0.717) is 18.0 Å². The van der Waals surface area contributed by atoms with E-state index in [-0.39, 0.29) is 12.0 Å². The maximum absolute atomic E-state index is 10.9. The van der Waals surface area contributed by atoms with Crippen molar-refractivity contribution in [2.75, 3.05) is 7.11 Å². The van der Waals surface area contributed by atoms with E-state index in [1.165, 1.54) is 7.11 Å². The lowest BCUT2D eigenvalue weighted by molar-refractivity contribution is -0.140. The van der Waals surface area contributed by atoms with Crippen LogP contribution in [0.25, 0.3) is 0 Å². The summed E-state index contributed by atoms with van der Waals surface area (Å²) in [7, 11) is 1.36. The van der Waals surface area contributed by atoms with E-state index in [1.807, 2.05) is 0 Å². The van der Waals surface area contributed by atoms with Crippen LogP contribution in [0.3, 0.4) is 0 Å². The maximum Gasteiger partial charge on any atom is 0.305 e.